The van der Waals surface area contributed by atoms with Crippen molar-refractivity contribution >= 4 is 23.1 Å². The van der Waals surface area contributed by atoms with E-state index in [0.29, 0.717) is 35.7 Å². The van der Waals surface area contributed by atoms with E-state index in [1.807, 2.05) is 18.2 Å². The molecule has 4 heteroatoms. The molecule has 2 fully saturated rings. The Morgan fingerprint density at radius 2 is 1.95 bits per heavy atom. The minimum absolute atomic E-state index is 0.312. The van der Waals surface area contributed by atoms with E-state index in [-0.39, 0.29) is 0 Å². The number of hydrogen-bond donors (Lipinski definition) is 0. The number of halogens is 1. The highest BCUT2D eigenvalue weighted by atomic mass is 35.5. The average Bonchev–Trinajstić information content (AvgIpc) is 2.37. The number of piperidine rings is 2. The van der Waals surface area contributed by atoms with Gasteiger partial charge in [0.1, 0.15) is 11.5 Å². The van der Waals surface area contributed by atoms with E-state index in [4.69, 9.17) is 16.3 Å². The minimum atomic E-state index is 0.312. The summed E-state index contributed by atoms with van der Waals surface area (Å²) in [6, 6.07) is 6.33. The molecule has 1 aromatic rings. The summed E-state index contributed by atoms with van der Waals surface area (Å²) in [7, 11) is 1.68. The Hall–Kier alpha value is -1.22. The fourth-order valence-corrected chi connectivity index (χ4v) is 3.60. The number of anilines is 1. The maximum Gasteiger partial charge on any atom is 0.142 e. The summed E-state index contributed by atoms with van der Waals surface area (Å²) in [5.74, 6) is 1.24. The van der Waals surface area contributed by atoms with Crippen LogP contribution in [0.15, 0.2) is 18.2 Å². The SMILES string of the molecule is COc1ccc(Cl)cc1N1C2CCCC1CC(=O)C2. The highest BCUT2D eigenvalue weighted by Crippen LogP contribution is 2.41. The van der Waals surface area contributed by atoms with Crippen LogP contribution in [0.1, 0.15) is 32.1 Å². The molecule has 2 aliphatic rings. The van der Waals surface area contributed by atoms with Gasteiger partial charge in [0.2, 0.25) is 0 Å². The van der Waals surface area contributed by atoms with E-state index in [1.54, 1.807) is 7.11 Å². The molecule has 0 aliphatic carbocycles. The summed E-state index contributed by atoms with van der Waals surface area (Å²) in [6.07, 6.45) is 4.69. The Kier molecular flexibility index (Phi) is 3.40. The molecular weight excluding hydrogens is 262 g/mol. The first kappa shape index (κ1) is 12.8. The molecule has 0 radical (unpaired) electrons. The summed E-state index contributed by atoms with van der Waals surface area (Å²) in [5, 5.41) is 0.714. The van der Waals surface area contributed by atoms with E-state index in [0.717, 1.165) is 24.3 Å². The lowest BCUT2D eigenvalue weighted by molar-refractivity contribution is -0.121. The highest BCUT2D eigenvalue weighted by Gasteiger charge is 2.38. The number of fused-ring (bicyclic) bond motifs is 2. The van der Waals surface area contributed by atoms with Crippen LogP contribution in [0.3, 0.4) is 0 Å². The first-order chi connectivity index (χ1) is 9.19. The number of ketones is 1. The van der Waals surface area contributed by atoms with Gasteiger partial charge in [-0.2, -0.15) is 0 Å². The van der Waals surface area contributed by atoms with Crippen molar-refractivity contribution in [3.8, 4) is 5.75 Å². The smallest absolute Gasteiger partial charge is 0.142 e. The molecule has 0 amide bonds. The van der Waals surface area contributed by atoms with Gasteiger partial charge in [0, 0.05) is 29.9 Å². The summed E-state index contributed by atoms with van der Waals surface area (Å²) in [4.78, 5) is 14.2. The maximum absolute atomic E-state index is 11.8. The normalized spacial score (nSPS) is 26.4. The predicted octanol–water partition coefficient (Wildman–Crippen LogP) is 3.44. The van der Waals surface area contributed by atoms with E-state index >= 15 is 0 Å². The summed E-state index contributed by atoms with van der Waals surface area (Å²) < 4.78 is 5.46. The number of carbonyl (C=O) groups is 1. The highest BCUT2D eigenvalue weighted by molar-refractivity contribution is 6.31. The molecule has 0 saturated carbocycles. The fraction of sp³-hybridized carbons (Fsp3) is 0.533. The van der Waals surface area contributed by atoms with Crippen LogP contribution in [0.5, 0.6) is 5.75 Å². The number of methoxy groups -OCH3 is 1. The molecule has 3 rings (SSSR count). The topological polar surface area (TPSA) is 29.5 Å². The van der Waals surface area contributed by atoms with Crippen LogP contribution in [0.2, 0.25) is 5.02 Å². The Bertz CT molecular complexity index is 487. The lowest BCUT2D eigenvalue weighted by Crippen LogP contribution is -2.52. The second-order valence-electron chi connectivity index (χ2n) is 5.41. The lowest BCUT2D eigenvalue weighted by Gasteiger charge is -2.47. The van der Waals surface area contributed by atoms with Gasteiger partial charge in [-0.25, -0.2) is 0 Å². The summed E-state index contributed by atoms with van der Waals surface area (Å²) in [6.45, 7) is 0. The van der Waals surface area contributed by atoms with E-state index in [9.17, 15) is 4.79 Å². The molecule has 3 nitrogen and oxygen atoms in total. The number of benzene rings is 1. The molecule has 2 bridgehead atoms. The van der Waals surface area contributed by atoms with Crippen LogP contribution < -0.4 is 9.64 Å². The third kappa shape index (κ3) is 2.32. The number of carbonyl (C=O) groups excluding carboxylic acids is 1. The van der Waals surface area contributed by atoms with E-state index in [2.05, 4.69) is 4.90 Å². The van der Waals surface area contributed by atoms with Crippen LogP contribution in [0.4, 0.5) is 5.69 Å². The molecule has 2 aliphatic heterocycles. The standard InChI is InChI=1S/C15H18ClNO2/c1-19-15-6-5-10(16)7-14(15)17-11-3-2-4-12(17)9-13(18)8-11/h5-7,11-12H,2-4,8-9H2,1H3. The van der Waals surface area contributed by atoms with Gasteiger partial charge in [0.15, 0.2) is 0 Å². The van der Waals surface area contributed by atoms with Gasteiger partial charge in [0.25, 0.3) is 0 Å². The summed E-state index contributed by atoms with van der Waals surface area (Å²) in [5.41, 5.74) is 1.04. The van der Waals surface area contributed by atoms with E-state index < -0.39 is 0 Å². The van der Waals surface area contributed by atoms with Crippen LogP contribution in [0.25, 0.3) is 0 Å². The van der Waals surface area contributed by atoms with Crippen molar-refractivity contribution in [3.63, 3.8) is 0 Å². The molecule has 1 aromatic carbocycles. The Morgan fingerprint density at radius 1 is 1.26 bits per heavy atom. The van der Waals surface area contributed by atoms with E-state index in [1.165, 1.54) is 6.42 Å². The predicted molar refractivity (Wildman–Crippen MR) is 76.2 cm³/mol. The molecule has 0 N–H and O–H groups in total. The molecule has 2 atom stereocenters. The maximum atomic E-state index is 11.8. The number of Topliss-reactive ketones (excluding diaryl/α,β-unsaturated/α-hetero) is 1. The van der Waals surface area contributed by atoms with Crippen LogP contribution in [-0.4, -0.2) is 25.0 Å². The van der Waals surface area contributed by atoms with Gasteiger partial charge in [-0.05, 0) is 37.5 Å². The third-order valence-corrected chi connectivity index (χ3v) is 4.44. The molecule has 2 heterocycles. The van der Waals surface area contributed by atoms with Crippen molar-refractivity contribution in [1.82, 2.24) is 0 Å². The van der Waals surface area contributed by atoms with Gasteiger partial charge in [-0.1, -0.05) is 11.6 Å². The quantitative estimate of drug-likeness (QED) is 0.831. The zero-order valence-electron chi connectivity index (χ0n) is 11.1. The van der Waals surface area contributed by atoms with Crippen LogP contribution >= 0.6 is 11.6 Å². The molecule has 19 heavy (non-hydrogen) atoms. The van der Waals surface area contributed by atoms with Gasteiger partial charge < -0.3 is 9.64 Å². The summed E-state index contributed by atoms with van der Waals surface area (Å²) >= 11 is 6.13. The van der Waals surface area contributed by atoms with Crippen molar-refractivity contribution < 1.29 is 9.53 Å². The number of rotatable bonds is 2. The largest absolute Gasteiger partial charge is 0.495 e. The number of hydrogen-bond acceptors (Lipinski definition) is 3. The monoisotopic (exact) mass is 279 g/mol. The first-order valence-electron chi connectivity index (χ1n) is 6.82. The minimum Gasteiger partial charge on any atom is -0.495 e. The van der Waals surface area contributed by atoms with Gasteiger partial charge in [-0.3, -0.25) is 4.79 Å². The van der Waals surface area contributed by atoms with Crippen LogP contribution in [0, 0.1) is 0 Å². The van der Waals surface area contributed by atoms with Crippen molar-refractivity contribution in [3.05, 3.63) is 23.2 Å². The fourth-order valence-electron chi connectivity index (χ4n) is 3.43. The lowest BCUT2D eigenvalue weighted by atomic mass is 9.83. The molecule has 2 saturated heterocycles. The zero-order valence-corrected chi connectivity index (χ0v) is 11.8. The Balaban J connectivity index is 2.01. The molecule has 0 aromatic heterocycles. The molecular formula is C15H18ClNO2. The third-order valence-electron chi connectivity index (χ3n) is 4.21. The van der Waals surface area contributed by atoms with Gasteiger partial charge >= 0.3 is 0 Å². The van der Waals surface area contributed by atoms with Gasteiger partial charge in [0.05, 0.1) is 12.8 Å². The Morgan fingerprint density at radius 3 is 2.58 bits per heavy atom. The molecule has 102 valence electrons. The Labute approximate surface area is 118 Å². The van der Waals surface area contributed by atoms with Crippen molar-refractivity contribution in [2.24, 2.45) is 0 Å². The average molecular weight is 280 g/mol. The molecule has 0 spiro atoms. The van der Waals surface area contributed by atoms with Crippen molar-refractivity contribution in [2.45, 2.75) is 44.2 Å². The first-order valence-corrected chi connectivity index (χ1v) is 7.20. The second kappa shape index (κ2) is 5.04. The van der Waals surface area contributed by atoms with Crippen molar-refractivity contribution in [2.75, 3.05) is 12.0 Å². The number of nitrogens with zero attached hydrogens (tertiary/aromatic N) is 1. The van der Waals surface area contributed by atoms with Crippen molar-refractivity contribution in [1.29, 1.82) is 0 Å². The van der Waals surface area contributed by atoms with Gasteiger partial charge in [-0.15, -0.1) is 0 Å². The second-order valence-corrected chi connectivity index (χ2v) is 5.85. The van der Waals surface area contributed by atoms with Crippen LogP contribution in [-0.2, 0) is 4.79 Å². The molecule has 2 unspecified atom stereocenters. The zero-order chi connectivity index (χ0) is 13.4. The number of ether oxygens (including phenoxy) is 1.